The van der Waals surface area contributed by atoms with Crippen molar-refractivity contribution in [3.8, 4) is 11.8 Å². The Morgan fingerprint density at radius 3 is 2.32 bits per heavy atom. The number of rotatable bonds is 10. The lowest BCUT2D eigenvalue weighted by molar-refractivity contribution is -0.137. The average molecular weight is 404 g/mol. The minimum atomic E-state index is -3.97. The van der Waals surface area contributed by atoms with Crippen LogP contribution in [0.1, 0.15) is 25.8 Å². The molecule has 28 heavy (non-hydrogen) atoms. The first kappa shape index (κ1) is 21.7. The number of hydrogen-bond donors (Lipinski definition) is 1. The van der Waals surface area contributed by atoms with Gasteiger partial charge in [-0.3, -0.25) is 4.31 Å². The molecule has 0 aliphatic carbocycles. The standard InChI is InChI=1S/C20H24N2O5S/c1-3-26-20(27-4-2)12-13-22(19-14-17(23)11-10-16(19)15-21)28(24,25)18-8-6-5-7-9-18/h5-11,14,20,23H,3-4,12-13H2,1-2H3. The number of anilines is 1. The van der Waals surface area contributed by atoms with Crippen LogP contribution in [0.15, 0.2) is 53.4 Å². The quantitative estimate of drug-likeness (QED) is 0.610. The zero-order chi connectivity index (χ0) is 20.6. The molecule has 0 saturated heterocycles. The zero-order valence-electron chi connectivity index (χ0n) is 15.9. The molecule has 0 aromatic heterocycles. The third kappa shape index (κ3) is 5.23. The third-order valence-corrected chi connectivity index (χ3v) is 5.80. The summed E-state index contributed by atoms with van der Waals surface area (Å²) < 4.78 is 38.7. The Morgan fingerprint density at radius 2 is 1.75 bits per heavy atom. The Kier molecular flexibility index (Phi) is 7.81. The van der Waals surface area contributed by atoms with Gasteiger partial charge in [0.2, 0.25) is 0 Å². The van der Waals surface area contributed by atoms with E-state index in [0.717, 1.165) is 4.31 Å². The molecule has 0 bridgehead atoms. The summed E-state index contributed by atoms with van der Waals surface area (Å²) in [5, 5.41) is 19.3. The van der Waals surface area contributed by atoms with E-state index in [2.05, 4.69) is 0 Å². The predicted molar refractivity (Wildman–Crippen MR) is 105 cm³/mol. The van der Waals surface area contributed by atoms with Gasteiger partial charge < -0.3 is 14.6 Å². The highest BCUT2D eigenvalue weighted by molar-refractivity contribution is 7.92. The van der Waals surface area contributed by atoms with E-state index in [1.165, 1.54) is 30.3 Å². The lowest BCUT2D eigenvalue weighted by Gasteiger charge is -2.27. The summed E-state index contributed by atoms with van der Waals surface area (Å²) in [6.45, 7) is 4.51. The van der Waals surface area contributed by atoms with E-state index in [1.807, 2.05) is 19.9 Å². The van der Waals surface area contributed by atoms with E-state index in [0.29, 0.717) is 13.2 Å². The van der Waals surface area contributed by atoms with Crippen molar-refractivity contribution in [3.05, 3.63) is 54.1 Å². The summed E-state index contributed by atoms with van der Waals surface area (Å²) in [6.07, 6.45) is -0.319. The van der Waals surface area contributed by atoms with Crippen LogP contribution >= 0.6 is 0 Å². The fourth-order valence-electron chi connectivity index (χ4n) is 2.72. The Hall–Kier alpha value is -2.60. The molecule has 0 atom stereocenters. The third-order valence-electron chi connectivity index (χ3n) is 3.97. The molecule has 0 saturated carbocycles. The van der Waals surface area contributed by atoms with Crippen LogP contribution in [-0.2, 0) is 19.5 Å². The fraction of sp³-hybridized carbons (Fsp3) is 0.350. The summed E-state index contributed by atoms with van der Waals surface area (Å²) in [5.41, 5.74) is 0.250. The Morgan fingerprint density at radius 1 is 1.11 bits per heavy atom. The minimum Gasteiger partial charge on any atom is -0.508 e. The molecule has 0 aliphatic heterocycles. The number of aromatic hydroxyl groups is 1. The van der Waals surface area contributed by atoms with Gasteiger partial charge in [-0.05, 0) is 38.1 Å². The summed E-state index contributed by atoms with van der Waals surface area (Å²) in [6, 6.07) is 13.9. The molecule has 0 spiro atoms. The first-order valence-corrected chi connectivity index (χ1v) is 10.4. The molecule has 0 unspecified atom stereocenters. The van der Waals surface area contributed by atoms with Crippen LogP contribution < -0.4 is 4.31 Å². The Bertz CT molecular complexity index is 904. The van der Waals surface area contributed by atoms with Gasteiger partial charge in [-0.25, -0.2) is 8.42 Å². The number of sulfonamides is 1. The zero-order valence-corrected chi connectivity index (χ0v) is 16.7. The van der Waals surface area contributed by atoms with Gasteiger partial charge in [0, 0.05) is 32.2 Å². The van der Waals surface area contributed by atoms with Gasteiger partial charge in [0.05, 0.1) is 16.1 Å². The molecule has 8 heteroatoms. The molecule has 1 N–H and O–H groups in total. The van der Waals surface area contributed by atoms with Gasteiger partial charge >= 0.3 is 0 Å². The van der Waals surface area contributed by atoms with E-state index in [9.17, 15) is 18.8 Å². The second-order valence-electron chi connectivity index (χ2n) is 5.83. The van der Waals surface area contributed by atoms with Crippen LogP contribution in [0.3, 0.4) is 0 Å². The van der Waals surface area contributed by atoms with Crippen molar-refractivity contribution in [1.82, 2.24) is 0 Å². The molecule has 0 radical (unpaired) electrons. The van der Waals surface area contributed by atoms with Crippen molar-refractivity contribution < 1.29 is 23.0 Å². The van der Waals surface area contributed by atoms with Crippen LogP contribution in [0.5, 0.6) is 5.75 Å². The van der Waals surface area contributed by atoms with Crippen molar-refractivity contribution in [2.45, 2.75) is 31.5 Å². The van der Waals surface area contributed by atoms with Crippen molar-refractivity contribution in [3.63, 3.8) is 0 Å². The SMILES string of the molecule is CCOC(CCN(c1cc(O)ccc1C#N)S(=O)(=O)c1ccccc1)OCC. The second kappa shape index (κ2) is 10.1. The average Bonchev–Trinajstić information content (AvgIpc) is 2.69. The molecule has 2 rings (SSSR count). The smallest absolute Gasteiger partial charge is 0.264 e. The fourth-order valence-corrected chi connectivity index (χ4v) is 4.23. The van der Waals surface area contributed by atoms with Crippen molar-refractivity contribution in [2.75, 3.05) is 24.1 Å². The topological polar surface area (TPSA) is 99.9 Å². The van der Waals surface area contributed by atoms with Crippen LogP contribution in [-0.4, -0.2) is 39.6 Å². The molecule has 0 aliphatic rings. The Balaban J connectivity index is 2.48. The van der Waals surface area contributed by atoms with Gasteiger partial charge in [-0.1, -0.05) is 18.2 Å². The van der Waals surface area contributed by atoms with E-state index < -0.39 is 16.3 Å². The number of phenols is 1. The second-order valence-corrected chi connectivity index (χ2v) is 7.69. The molecular formula is C20H24N2O5S. The van der Waals surface area contributed by atoms with Crippen LogP contribution in [0, 0.1) is 11.3 Å². The van der Waals surface area contributed by atoms with Gasteiger partial charge in [-0.15, -0.1) is 0 Å². The highest BCUT2D eigenvalue weighted by Gasteiger charge is 2.28. The number of nitrogens with zero attached hydrogens (tertiary/aromatic N) is 2. The molecule has 2 aromatic rings. The van der Waals surface area contributed by atoms with Gasteiger partial charge in [0.1, 0.15) is 11.8 Å². The highest BCUT2D eigenvalue weighted by Crippen LogP contribution is 2.30. The lowest BCUT2D eigenvalue weighted by atomic mass is 10.2. The lowest BCUT2D eigenvalue weighted by Crippen LogP contribution is -2.35. The maximum atomic E-state index is 13.3. The predicted octanol–water partition coefficient (Wildman–Crippen LogP) is 3.25. The molecule has 0 heterocycles. The molecule has 0 fully saturated rings. The van der Waals surface area contributed by atoms with Crippen LogP contribution in [0.4, 0.5) is 5.69 Å². The Labute approximate surface area is 165 Å². The van der Waals surface area contributed by atoms with E-state index in [4.69, 9.17) is 9.47 Å². The van der Waals surface area contributed by atoms with Crippen LogP contribution in [0.25, 0.3) is 0 Å². The first-order chi connectivity index (χ1) is 13.4. The number of ether oxygens (including phenoxy) is 2. The van der Waals surface area contributed by atoms with Crippen LogP contribution in [0.2, 0.25) is 0 Å². The number of benzene rings is 2. The normalized spacial score (nSPS) is 11.4. The first-order valence-electron chi connectivity index (χ1n) is 8.98. The summed E-state index contributed by atoms with van der Waals surface area (Å²) in [4.78, 5) is 0.0894. The number of hydrogen-bond acceptors (Lipinski definition) is 6. The molecule has 150 valence electrons. The van der Waals surface area contributed by atoms with E-state index in [-0.39, 0.29) is 34.9 Å². The van der Waals surface area contributed by atoms with Crippen molar-refractivity contribution in [1.29, 1.82) is 5.26 Å². The van der Waals surface area contributed by atoms with Gasteiger partial charge in [0.15, 0.2) is 6.29 Å². The van der Waals surface area contributed by atoms with Crippen molar-refractivity contribution in [2.24, 2.45) is 0 Å². The van der Waals surface area contributed by atoms with Crippen molar-refractivity contribution >= 4 is 15.7 Å². The van der Waals surface area contributed by atoms with E-state index in [1.54, 1.807) is 18.2 Å². The molecule has 7 nitrogen and oxygen atoms in total. The summed E-state index contributed by atoms with van der Waals surface area (Å²) in [7, 11) is -3.97. The highest BCUT2D eigenvalue weighted by atomic mass is 32.2. The van der Waals surface area contributed by atoms with Gasteiger partial charge in [-0.2, -0.15) is 5.26 Å². The maximum absolute atomic E-state index is 13.3. The minimum absolute atomic E-state index is 0.0139. The summed E-state index contributed by atoms with van der Waals surface area (Å²) >= 11 is 0. The largest absolute Gasteiger partial charge is 0.508 e. The summed E-state index contributed by atoms with van der Waals surface area (Å²) in [5.74, 6) is -0.131. The molecule has 2 aromatic carbocycles. The molecular weight excluding hydrogens is 380 g/mol. The maximum Gasteiger partial charge on any atom is 0.264 e. The van der Waals surface area contributed by atoms with E-state index >= 15 is 0 Å². The number of phenolic OH excluding ortho intramolecular Hbond substituents is 1. The molecule has 0 amide bonds. The monoisotopic (exact) mass is 404 g/mol. The number of nitriles is 1. The van der Waals surface area contributed by atoms with Gasteiger partial charge in [0.25, 0.3) is 10.0 Å².